The number of fused-ring (bicyclic) bond motifs is 2. The minimum absolute atomic E-state index is 0.00638. The highest BCUT2D eigenvalue weighted by molar-refractivity contribution is 5.90. The summed E-state index contributed by atoms with van der Waals surface area (Å²) in [5.41, 5.74) is 0.482. The van der Waals surface area contributed by atoms with Gasteiger partial charge in [-0.3, -0.25) is 14.6 Å². The zero-order valence-corrected chi connectivity index (χ0v) is 47.0. The zero-order valence-electron chi connectivity index (χ0n) is 47.0. The Bertz CT molecular complexity index is 1930. The highest BCUT2D eigenvalue weighted by Crippen LogP contribution is 2.36. The summed E-state index contributed by atoms with van der Waals surface area (Å²) in [6.07, 6.45) is 2.62. The SMILES string of the molecule is CN=C(NC)NCCC/C=C/CCCC(C)C1OC(=O)/C=C\C=C\C(C)C(O)C(C)C(O)C(C)C(O)CCCC(O)CC2(O)OC(CC(OC(=O)CC(=O)O)CC(O)CC(O)C(C)C(O)/C(C)=C/C=C/C1C)CC(O)C2O. The van der Waals surface area contributed by atoms with E-state index in [0.29, 0.717) is 5.57 Å². The van der Waals surface area contributed by atoms with Crippen LogP contribution >= 0.6 is 0 Å². The summed E-state index contributed by atoms with van der Waals surface area (Å²) in [5.74, 6) is -8.01. The molecule has 19 unspecified atom stereocenters. The molecule has 0 radical (unpaired) electrons. The highest BCUT2D eigenvalue weighted by Gasteiger charge is 2.49. The van der Waals surface area contributed by atoms with Crippen molar-refractivity contribution in [1.29, 1.82) is 0 Å². The first-order valence-corrected chi connectivity index (χ1v) is 27.6. The number of aliphatic carboxylic acids is 1. The number of carbonyl (C=O) groups excluding carboxylic acids is 2. The summed E-state index contributed by atoms with van der Waals surface area (Å²) in [7, 11) is 3.53. The number of ether oxygens (including phenoxy) is 3. The molecular weight excluding hydrogens is 999 g/mol. The lowest BCUT2D eigenvalue weighted by Gasteiger charge is -2.45. The number of rotatable bonds is 12. The molecule has 0 aliphatic carbocycles. The summed E-state index contributed by atoms with van der Waals surface area (Å²) in [5, 5.41) is 127. The second-order valence-corrected chi connectivity index (χ2v) is 21.7. The Labute approximate surface area is 456 Å². The third-order valence-corrected chi connectivity index (χ3v) is 15.1. The summed E-state index contributed by atoms with van der Waals surface area (Å²) >= 11 is 0. The van der Waals surface area contributed by atoms with E-state index in [1.54, 1.807) is 66.0 Å². The number of aliphatic hydroxyl groups excluding tert-OH is 9. The lowest BCUT2D eigenvalue weighted by Crippen LogP contribution is -2.59. The number of hydrogen-bond acceptors (Lipinski definition) is 17. The van der Waals surface area contributed by atoms with Crippen LogP contribution in [0.15, 0.2) is 65.2 Å². The first-order valence-electron chi connectivity index (χ1n) is 27.6. The number of carboxylic acids is 1. The van der Waals surface area contributed by atoms with Gasteiger partial charge in [-0.05, 0) is 76.2 Å². The van der Waals surface area contributed by atoms with Gasteiger partial charge in [-0.1, -0.05) is 90.2 Å². The number of aliphatic imine (C=N–C) groups is 1. The number of esters is 2. The molecule has 77 heavy (non-hydrogen) atoms. The monoisotopic (exact) mass is 1100 g/mol. The average Bonchev–Trinajstić information content (AvgIpc) is 3.36. The van der Waals surface area contributed by atoms with Crippen molar-refractivity contribution in [3.63, 3.8) is 0 Å². The molecule has 442 valence electrons. The van der Waals surface area contributed by atoms with E-state index in [2.05, 4.69) is 27.8 Å². The van der Waals surface area contributed by atoms with Crippen molar-refractivity contribution in [2.24, 2.45) is 40.5 Å². The van der Waals surface area contributed by atoms with Crippen molar-refractivity contribution >= 4 is 23.9 Å². The lowest BCUT2D eigenvalue weighted by atomic mass is 9.81. The molecule has 1 fully saturated rings. The maximum atomic E-state index is 13.4. The van der Waals surface area contributed by atoms with E-state index in [-0.39, 0.29) is 56.8 Å². The van der Waals surface area contributed by atoms with E-state index in [1.165, 1.54) is 12.2 Å². The molecule has 2 heterocycles. The Kier molecular flexibility index (Phi) is 31.9. The van der Waals surface area contributed by atoms with Crippen molar-refractivity contribution in [2.45, 2.75) is 217 Å². The smallest absolute Gasteiger partial charge is 0.331 e. The number of cyclic esters (lactones) is 1. The summed E-state index contributed by atoms with van der Waals surface area (Å²) in [4.78, 5) is 41.5. The second kappa shape index (κ2) is 35.5. The lowest BCUT2D eigenvalue weighted by molar-refractivity contribution is -0.332. The topological polar surface area (TPSA) is 338 Å². The quantitative estimate of drug-likeness (QED) is 0.0332. The molecule has 2 aliphatic rings. The molecule has 19 atom stereocenters. The predicted molar refractivity (Wildman–Crippen MR) is 292 cm³/mol. The number of hydrogen-bond donors (Lipinski definition) is 13. The van der Waals surface area contributed by atoms with Crippen LogP contribution in [-0.2, 0) is 28.6 Å². The largest absolute Gasteiger partial charge is 0.481 e. The second-order valence-electron chi connectivity index (χ2n) is 21.7. The molecule has 13 N–H and O–H groups in total. The van der Waals surface area contributed by atoms with Crippen LogP contribution in [0.25, 0.3) is 0 Å². The fraction of sp³-hybridized carbons (Fsp3) is 0.754. The first-order chi connectivity index (χ1) is 36.2. The standard InChI is InChI=1S/C57H97N3O17/c1-34-20-15-16-26-49(68)76-54(36(3)21-14-12-10-11-13-17-27-60-56(58-8)59-9)37(4)23-18-22-35(2)51(70)39(6)46(64)29-42(62)28-43(75-50(69)32-48(66)67)30-44-31-47(65)55(73)57(74,77-44)33-41(61)24-19-25-45(63)38(5)53(72)40(7)52(34)71/h10-11,15-16,18,20,22-23,26,34,36-47,51-55,61-65,70-74H,12-14,17,19,21,24-25,27-33H2,1-9H3,(H,66,67)(H2,58,59,60)/b11-10+,20-15+,23-18+,26-16-,35-22+. The Morgan fingerprint density at radius 1 is 0.818 bits per heavy atom. The maximum absolute atomic E-state index is 13.4. The summed E-state index contributed by atoms with van der Waals surface area (Å²) < 4.78 is 17.4. The number of nitrogens with zero attached hydrogens (tertiary/aromatic N) is 1. The minimum atomic E-state index is -2.51. The van der Waals surface area contributed by atoms with E-state index in [4.69, 9.17) is 14.2 Å². The molecule has 20 nitrogen and oxygen atoms in total. The van der Waals surface area contributed by atoms with Crippen LogP contribution in [-0.4, -0.2) is 180 Å². The molecule has 0 saturated carbocycles. The molecular formula is C57H97N3O17. The number of aliphatic hydroxyl groups is 10. The Morgan fingerprint density at radius 2 is 1.48 bits per heavy atom. The zero-order chi connectivity index (χ0) is 58.0. The number of carbonyl (C=O) groups is 3. The van der Waals surface area contributed by atoms with Gasteiger partial charge in [0.25, 0.3) is 0 Å². The molecule has 0 aromatic carbocycles. The van der Waals surface area contributed by atoms with Crippen molar-refractivity contribution in [3.8, 4) is 0 Å². The third kappa shape index (κ3) is 24.9. The Balaban J connectivity index is 2.43. The van der Waals surface area contributed by atoms with Crippen molar-refractivity contribution in [3.05, 3.63) is 60.3 Å². The minimum Gasteiger partial charge on any atom is -0.481 e. The summed E-state index contributed by atoms with van der Waals surface area (Å²) in [6.45, 7) is 13.1. The van der Waals surface area contributed by atoms with Gasteiger partial charge in [0.05, 0.1) is 54.9 Å². The van der Waals surface area contributed by atoms with Crippen LogP contribution in [0, 0.1) is 35.5 Å². The van der Waals surface area contributed by atoms with Crippen LogP contribution in [0.2, 0.25) is 0 Å². The molecule has 2 rings (SSSR count). The van der Waals surface area contributed by atoms with E-state index in [9.17, 15) is 70.6 Å². The molecule has 20 heteroatoms. The van der Waals surface area contributed by atoms with Gasteiger partial charge in [0.1, 0.15) is 24.7 Å². The van der Waals surface area contributed by atoms with Gasteiger partial charge in [0.15, 0.2) is 11.7 Å². The van der Waals surface area contributed by atoms with Crippen molar-refractivity contribution < 1.29 is 84.8 Å². The number of guanidine groups is 1. The van der Waals surface area contributed by atoms with Gasteiger partial charge in [0.2, 0.25) is 0 Å². The van der Waals surface area contributed by atoms with Gasteiger partial charge in [-0.2, -0.15) is 0 Å². The van der Waals surface area contributed by atoms with Crippen LogP contribution < -0.4 is 10.6 Å². The average molecular weight is 1100 g/mol. The van der Waals surface area contributed by atoms with Crippen LogP contribution in [0.4, 0.5) is 0 Å². The van der Waals surface area contributed by atoms with Gasteiger partial charge >= 0.3 is 17.9 Å². The summed E-state index contributed by atoms with van der Waals surface area (Å²) in [6, 6.07) is 0. The van der Waals surface area contributed by atoms with E-state index in [1.807, 2.05) is 27.0 Å². The Morgan fingerprint density at radius 3 is 2.13 bits per heavy atom. The van der Waals surface area contributed by atoms with E-state index in [0.717, 1.165) is 44.6 Å². The normalized spacial score (nSPS) is 38.2. The van der Waals surface area contributed by atoms with Gasteiger partial charge in [-0.15, -0.1) is 0 Å². The molecule has 0 aromatic rings. The van der Waals surface area contributed by atoms with Crippen molar-refractivity contribution in [1.82, 2.24) is 10.6 Å². The van der Waals surface area contributed by atoms with Crippen LogP contribution in [0.5, 0.6) is 0 Å². The van der Waals surface area contributed by atoms with Crippen LogP contribution in [0.1, 0.15) is 138 Å². The molecule has 0 aromatic heterocycles. The predicted octanol–water partition coefficient (Wildman–Crippen LogP) is 3.49. The fourth-order valence-corrected chi connectivity index (χ4v) is 10.1. The molecule has 2 bridgehead atoms. The third-order valence-electron chi connectivity index (χ3n) is 15.1. The first kappa shape index (κ1) is 69.0. The highest BCUT2D eigenvalue weighted by atomic mass is 16.7. The molecule has 2 aliphatic heterocycles. The molecule has 0 amide bonds. The van der Waals surface area contributed by atoms with Crippen LogP contribution in [0.3, 0.4) is 0 Å². The van der Waals surface area contributed by atoms with Gasteiger partial charge in [-0.25, -0.2) is 4.79 Å². The molecule has 1 saturated heterocycles. The number of allylic oxidation sites excluding steroid dienone is 6. The number of unbranched alkanes of at least 4 members (excludes halogenated alkanes) is 2. The van der Waals surface area contributed by atoms with Gasteiger partial charge in [0, 0.05) is 82.0 Å². The number of carboxylic acid groups (broad SMARTS) is 1. The fourth-order valence-electron chi connectivity index (χ4n) is 10.1. The maximum Gasteiger partial charge on any atom is 0.331 e. The Hall–Kier alpha value is -4.06. The van der Waals surface area contributed by atoms with E-state index >= 15 is 0 Å². The van der Waals surface area contributed by atoms with E-state index < -0.39 is 133 Å². The van der Waals surface area contributed by atoms with Gasteiger partial charge < -0.3 is 81.0 Å². The van der Waals surface area contributed by atoms with Crippen molar-refractivity contribution in [2.75, 3.05) is 20.6 Å². The number of nitrogens with one attached hydrogen (secondary N) is 2. The molecule has 0 spiro atoms.